The Bertz CT molecular complexity index is 268. The van der Waals surface area contributed by atoms with Gasteiger partial charge in [0.15, 0.2) is 5.82 Å². The van der Waals surface area contributed by atoms with E-state index in [0.29, 0.717) is 17.9 Å². The molecule has 1 aromatic rings. The Labute approximate surface area is 76.5 Å². The summed E-state index contributed by atoms with van der Waals surface area (Å²) in [6.07, 6.45) is 2.00. The van der Waals surface area contributed by atoms with Crippen LogP contribution in [0.4, 0.5) is 6.01 Å². The molecule has 5 nitrogen and oxygen atoms in total. The lowest BCUT2D eigenvalue weighted by Gasteiger charge is -2.21. The zero-order valence-electron chi connectivity index (χ0n) is 7.62. The standard InChI is InChI=1S/C8H13N3O2/c1-6-9-8(13-11-6)10-7-2-4-12-5-3-7/h7H,2-5H2,1H3,(H,9,10,11). The quantitative estimate of drug-likeness (QED) is 0.740. The summed E-state index contributed by atoms with van der Waals surface area (Å²) in [6.45, 7) is 3.42. The van der Waals surface area contributed by atoms with Crippen molar-refractivity contribution in [1.82, 2.24) is 10.1 Å². The highest BCUT2D eigenvalue weighted by Crippen LogP contribution is 2.12. The minimum Gasteiger partial charge on any atom is -0.381 e. The van der Waals surface area contributed by atoms with E-state index in [1.807, 2.05) is 0 Å². The molecule has 0 spiro atoms. The Hall–Kier alpha value is -1.10. The van der Waals surface area contributed by atoms with Gasteiger partial charge in [0, 0.05) is 19.3 Å². The minimum atomic E-state index is 0.411. The summed E-state index contributed by atoms with van der Waals surface area (Å²) < 4.78 is 10.2. The third kappa shape index (κ3) is 2.18. The molecule has 2 rings (SSSR count). The van der Waals surface area contributed by atoms with Crippen molar-refractivity contribution >= 4 is 6.01 Å². The Morgan fingerprint density at radius 3 is 2.77 bits per heavy atom. The van der Waals surface area contributed by atoms with E-state index >= 15 is 0 Å². The fourth-order valence-electron chi connectivity index (χ4n) is 1.37. The van der Waals surface area contributed by atoms with E-state index in [9.17, 15) is 0 Å². The van der Waals surface area contributed by atoms with Crippen LogP contribution in [-0.2, 0) is 4.74 Å². The van der Waals surface area contributed by atoms with E-state index in [0.717, 1.165) is 26.1 Å². The molecule has 5 heteroatoms. The first kappa shape index (κ1) is 8.50. The second-order valence-electron chi connectivity index (χ2n) is 3.18. The first-order valence-corrected chi connectivity index (χ1v) is 4.49. The average Bonchev–Trinajstić information content (AvgIpc) is 2.53. The van der Waals surface area contributed by atoms with Gasteiger partial charge in [0.25, 0.3) is 0 Å². The van der Waals surface area contributed by atoms with Crippen molar-refractivity contribution in [2.75, 3.05) is 18.5 Å². The lowest BCUT2D eigenvalue weighted by Crippen LogP contribution is -2.27. The summed E-state index contributed by atoms with van der Waals surface area (Å²) in [5, 5.41) is 6.88. The predicted octanol–water partition coefficient (Wildman–Crippen LogP) is 0.969. The van der Waals surface area contributed by atoms with Gasteiger partial charge in [-0.3, -0.25) is 0 Å². The number of nitrogens with zero attached hydrogens (tertiary/aromatic N) is 2. The van der Waals surface area contributed by atoms with Crippen molar-refractivity contribution in [3.05, 3.63) is 5.82 Å². The Morgan fingerprint density at radius 1 is 1.38 bits per heavy atom. The summed E-state index contributed by atoms with van der Waals surface area (Å²) in [7, 11) is 0. The van der Waals surface area contributed by atoms with Gasteiger partial charge >= 0.3 is 6.01 Å². The monoisotopic (exact) mass is 183 g/mol. The molecule has 1 N–H and O–H groups in total. The third-order valence-corrected chi connectivity index (χ3v) is 2.08. The van der Waals surface area contributed by atoms with E-state index < -0.39 is 0 Å². The molecule has 0 amide bonds. The van der Waals surface area contributed by atoms with Gasteiger partial charge in [-0.25, -0.2) is 0 Å². The molecule has 1 aliphatic heterocycles. The van der Waals surface area contributed by atoms with Gasteiger partial charge in [-0.1, -0.05) is 5.16 Å². The highest BCUT2D eigenvalue weighted by molar-refractivity contribution is 5.20. The molecular weight excluding hydrogens is 170 g/mol. The number of hydrogen-bond acceptors (Lipinski definition) is 5. The molecule has 0 aromatic carbocycles. The van der Waals surface area contributed by atoms with Crippen LogP contribution in [-0.4, -0.2) is 29.4 Å². The summed E-state index contributed by atoms with van der Waals surface area (Å²) in [4.78, 5) is 4.08. The molecule has 0 atom stereocenters. The maximum atomic E-state index is 5.24. The van der Waals surface area contributed by atoms with E-state index in [1.54, 1.807) is 6.92 Å². The van der Waals surface area contributed by atoms with E-state index in [-0.39, 0.29) is 0 Å². The molecule has 0 aliphatic carbocycles. The maximum Gasteiger partial charge on any atom is 0.321 e. The SMILES string of the molecule is Cc1noc(NC2CCOCC2)n1. The molecule has 2 heterocycles. The summed E-state index contributed by atoms with van der Waals surface area (Å²) in [5.74, 6) is 0.662. The van der Waals surface area contributed by atoms with Crippen LogP contribution in [0.3, 0.4) is 0 Å². The average molecular weight is 183 g/mol. The van der Waals surface area contributed by atoms with Crippen LogP contribution in [0.15, 0.2) is 4.52 Å². The number of ether oxygens (including phenoxy) is 1. The zero-order valence-corrected chi connectivity index (χ0v) is 7.62. The third-order valence-electron chi connectivity index (χ3n) is 2.08. The van der Waals surface area contributed by atoms with Crippen molar-refractivity contribution in [2.45, 2.75) is 25.8 Å². The van der Waals surface area contributed by atoms with Gasteiger partial charge in [0.2, 0.25) is 0 Å². The van der Waals surface area contributed by atoms with Gasteiger partial charge in [0.05, 0.1) is 0 Å². The molecule has 1 fully saturated rings. The lowest BCUT2D eigenvalue weighted by molar-refractivity contribution is 0.0898. The van der Waals surface area contributed by atoms with Gasteiger partial charge in [-0.2, -0.15) is 4.98 Å². The smallest absolute Gasteiger partial charge is 0.321 e. The van der Waals surface area contributed by atoms with Gasteiger partial charge in [0.1, 0.15) is 0 Å². The highest BCUT2D eigenvalue weighted by atomic mass is 16.5. The number of aromatic nitrogens is 2. The van der Waals surface area contributed by atoms with Crippen LogP contribution in [0, 0.1) is 6.92 Å². The molecule has 1 saturated heterocycles. The fraction of sp³-hybridized carbons (Fsp3) is 0.750. The van der Waals surface area contributed by atoms with Crippen molar-refractivity contribution in [3.63, 3.8) is 0 Å². The number of hydrogen-bond donors (Lipinski definition) is 1. The second kappa shape index (κ2) is 3.74. The minimum absolute atomic E-state index is 0.411. The van der Waals surface area contributed by atoms with Crippen LogP contribution in [0.1, 0.15) is 18.7 Å². The second-order valence-corrected chi connectivity index (χ2v) is 3.18. The molecular formula is C8H13N3O2. The largest absolute Gasteiger partial charge is 0.381 e. The number of rotatable bonds is 2. The van der Waals surface area contributed by atoms with Crippen molar-refractivity contribution in [1.29, 1.82) is 0 Å². The van der Waals surface area contributed by atoms with Gasteiger partial charge in [-0.15, -0.1) is 0 Å². The molecule has 1 aliphatic rings. The molecule has 0 radical (unpaired) electrons. The topological polar surface area (TPSA) is 60.2 Å². The maximum absolute atomic E-state index is 5.24. The van der Waals surface area contributed by atoms with E-state index in [2.05, 4.69) is 15.5 Å². The van der Waals surface area contributed by atoms with Crippen molar-refractivity contribution < 1.29 is 9.26 Å². The van der Waals surface area contributed by atoms with Crippen LogP contribution in [0.2, 0.25) is 0 Å². The number of nitrogens with one attached hydrogen (secondary N) is 1. The van der Waals surface area contributed by atoms with Crippen LogP contribution < -0.4 is 5.32 Å². The predicted molar refractivity (Wildman–Crippen MR) is 46.5 cm³/mol. The zero-order chi connectivity index (χ0) is 9.10. The normalized spacial score (nSPS) is 18.8. The molecule has 13 heavy (non-hydrogen) atoms. The first-order valence-electron chi connectivity index (χ1n) is 4.49. The number of anilines is 1. The molecule has 0 bridgehead atoms. The number of aryl methyl sites for hydroxylation is 1. The molecule has 0 unspecified atom stereocenters. The van der Waals surface area contributed by atoms with Crippen molar-refractivity contribution in [3.8, 4) is 0 Å². The van der Waals surface area contributed by atoms with E-state index in [4.69, 9.17) is 9.26 Å². The Balaban J connectivity index is 1.89. The highest BCUT2D eigenvalue weighted by Gasteiger charge is 2.15. The van der Waals surface area contributed by atoms with Gasteiger partial charge < -0.3 is 14.6 Å². The summed E-state index contributed by atoms with van der Waals surface area (Å²) in [5.41, 5.74) is 0. The summed E-state index contributed by atoms with van der Waals surface area (Å²) >= 11 is 0. The van der Waals surface area contributed by atoms with Crippen LogP contribution >= 0.6 is 0 Å². The molecule has 1 aromatic heterocycles. The van der Waals surface area contributed by atoms with Gasteiger partial charge in [-0.05, 0) is 19.8 Å². The van der Waals surface area contributed by atoms with Crippen LogP contribution in [0.25, 0.3) is 0 Å². The summed E-state index contributed by atoms with van der Waals surface area (Å²) in [6, 6.07) is 0.929. The Morgan fingerprint density at radius 2 is 2.15 bits per heavy atom. The lowest BCUT2D eigenvalue weighted by atomic mass is 10.1. The van der Waals surface area contributed by atoms with Crippen molar-refractivity contribution in [2.24, 2.45) is 0 Å². The first-order chi connectivity index (χ1) is 6.34. The molecule has 72 valence electrons. The Kier molecular flexibility index (Phi) is 2.44. The van der Waals surface area contributed by atoms with E-state index in [1.165, 1.54) is 0 Å². The fourth-order valence-corrected chi connectivity index (χ4v) is 1.37. The van der Waals surface area contributed by atoms with Crippen LogP contribution in [0.5, 0.6) is 0 Å². The molecule has 0 saturated carbocycles.